The summed E-state index contributed by atoms with van der Waals surface area (Å²) in [5.74, 6) is -0.381. The molecule has 0 aliphatic carbocycles. The minimum absolute atomic E-state index is 0.122. The molecule has 6 heteroatoms. The van der Waals surface area contributed by atoms with Gasteiger partial charge in [0.15, 0.2) is 0 Å². The van der Waals surface area contributed by atoms with Crippen molar-refractivity contribution in [3.63, 3.8) is 0 Å². The molecule has 0 aromatic heterocycles. The molecular formula is C12H13N3O3. The molecule has 1 aromatic rings. The lowest BCUT2D eigenvalue weighted by Gasteiger charge is -2.06. The SMILES string of the molecule is COC(=O)CCNC(=O)Nc1ccc(C#N)cc1. The third kappa shape index (κ3) is 4.53. The number of urea groups is 1. The Bertz CT molecular complexity index is 462. The number of carbonyl (C=O) groups excluding carboxylic acids is 2. The molecule has 6 nitrogen and oxygen atoms in total. The first-order chi connectivity index (χ1) is 8.65. The van der Waals surface area contributed by atoms with Crippen LogP contribution in [0.2, 0.25) is 0 Å². The van der Waals surface area contributed by atoms with Gasteiger partial charge in [-0.15, -0.1) is 0 Å². The van der Waals surface area contributed by atoms with Gasteiger partial charge in [-0.25, -0.2) is 4.79 Å². The minimum Gasteiger partial charge on any atom is -0.469 e. The molecule has 0 radical (unpaired) electrons. The molecule has 2 amide bonds. The van der Waals surface area contributed by atoms with Crippen LogP contribution in [0.5, 0.6) is 0 Å². The second-order valence-corrected chi connectivity index (χ2v) is 3.40. The Balaban J connectivity index is 2.35. The van der Waals surface area contributed by atoms with E-state index in [2.05, 4.69) is 15.4 Å². The fourth-order valence-electron chi connectivity index (χ4n) is 1.18. The molecule has 2 N–H and O–H groups in total. The first-order valence-electron chi connectivity index (χ1n) is 5.27. The summed E-state index contributed by atoms with van der Waals surface area (Å²) in [6.45, 7) is 0.203. The summed E-state index contributed by atoms with van der Waals surface area (Å²) < 4.78 is 4.43. The van der Waals surface area contributed by atoms with Crippen molar-refractivity contribution >= 4 is 17.7 Å². The fraction of sp³-hybridized carbons (Fsp3) is 0.250. The largest absolute Gasteiger partial charge is 0.469 e. The number of esters is 1. The Kier molecular flexibility index (Phi) is 5.19. The molecule has 0 aliphatic rings. The van der Waals surface area contributed by atoms with Crippen LogP contribution in [0, 0.1) is 11.3 Å². The van der Waals surface area contributed by atoms with E-state index in [0.717, 1.165) is 0 Å². The topological polar surface area (TPSA) is 91.2 Å². The molecule has 18 heavy (non-hydrogen) atoms. The van der Waals surface area contributed by atoms with Crippen molar-refractivity contribution in [3.05, 3.63) is 29.8 Å². The summed E-state index contributed by atoms with van der Waals surface area (Å²) in [4.78, 5) is 22.2. The number of benzene rings is 1. The number of amides is 2. The van der Waals surface area contributed by atoms with Gasteiger partial charge in [0, 0.05) is 12.2 Å². The molecule has 0 bridgehead atoms. The quantitative estimate of drug-likeness (QED) is 0.783. The van der Waals surface area contributed by atoms with Crippen molar-refractivity contribution in [2.75, 3.05) is 19.0 Å². The van der Waals surface area contributed by atoms with Gasteiger partial charge in [-0.1, -0.05) is 0 Å². The maximum absolute atomic E-state index is 11.4. The normalized spacial score (nSPS) is 9.11. The van der Waals surface area contributed by atoms with Gasteiger partial charge in [0.25, 0.3) is 0 Å². The van der Waals surface area contributed by atoms with Crippen LogP contribution in [0.4, 0.5) is 10.5 Å². The highest BCUT2D eigenvalue weighted by atomic mass is 16.5. The van der Waals surface area contributed by atoms with Crippen LogP contribution >= 0.6 is 0 Å². The van der Waals surface area contributed by atoms with Gasteiger partial charge in [-0.3, -0.25) is 4.79 Å². The van der Waals surface area contributed by atoms with E-state index in [1.54, 1.807) is 24.3 Å². The van der Waals surface area contributed by atoms with Crippen LogP contribution in [0.3, 0.4) is 0 Å². The number of carbonyl (C=O) groups is 2. The van der Waals surface area contributed by atoms with Gasteiger partial charge in [-0.2, -0.15) is 5.26 Å². The Morgan fingerprint density at radius 3 is 2.56 bits per heavy atom. The van der Waals surface area contributed by atoms with Gasteiger partial charge in [0.05, 0.1) is 25.2 Å². The number of ether oxygens (including phenoxy) is 1. The summed E-state index contributed by atoms with van der Waals surface area (Å²) >= 11 is 0. The molecule has 1 rings (SSSR count). The highest BCUT2D eigenvalue weighted by Crippen LogP contribution is 2.08. The van der Waals surface area contributed by atoms with Crippen LogP contribution in [-0.2, 0) is 9.53 Å². The molecular weight excluding hydrogens is 234 g/mol. The monoisotopic (exact) mass is 247 g/mol. The number of hydrogen-bond acceptors (Lipinski definition) is 4. The van der Waals surface area contributed by atoms with Gasteiger partial charge >= 0.3 is 12.0 Å². The predicted molar refractivity (Wildman–Crippen MR) is 64.8 cm³/mol. The Labute approximate surface area is 105 Å². The van der Waals surface area contributed by atoms with E-state index < -0.39 is 6.03 Å². The van der Waals surface area contributed by atoms with E-state index >= 15 is 0 Å². The fourth-order valence-corrected chi connectivity index (χ4v) is 1.18. The summed E-state index contributed by atoms with van der Waals surface area (Å²) in [5.41, 5.74) is 1.09. The molecule has 0 spiro atoms. The maximum atomic E-state index is 11.4. The molecule has 0 saturated carbocycles. The van der Waals surface area contributed by atoms with Crippen LogP contribution in [0.15, 0.2) is 24.3 Å². The van der Waals surface area contributed by atoms with Crippen LogP contribution in [0.1, 0.15) is 12.0 Å². The molecule has 0 aliphatic heterocycles. The standard InChI is InChI=1S/C12H13N3O3/c1-18-11(16)6-7-14-12(17)15-10-4-2-9(8-13)3-5-10/h2-5H,6-7H2,1H3,(H2,14,15,17). The first-order valence-corrected chi connectivity index (χ1v) is 5.27. The average Bonchev–Trinajstić information content (AvgIpc) is 2.39. The molecule has 1 aromatic carbocycles. The van der Waals surface area contributed by atoms with E-state index in [9.17, 15) is 9.59 Å². The Hall–Kier alpha value is -2.55. The lowest BCUT2D eigenvalue weighted by Crippen LogP contribution is -2.30. The zero-order valence-electron chi connectivity index (χ0n) is 9.90. The number of hydrogen-bond donors (Lipinski definition) is 2. The number of nitrogens with one attached hydrogen (secondary N) is 2. The molecule has 0 unspecified atom stereocenters. The lowest BCUT2D eigenvalue weighted by atomic mass is 10.2. The molecule has 0 fully saturated rings. The maximum Gasteiger partial charge on any atom is 0.319 e. The first kappa shape index (κ1) is 13.5. The number of anilines is 1. The van der Waals surface area contributed by atoms with Crippen LogP contribution in [0.25, 0.3) is 0 Å². The Morgan fingerprint density at radius 2 is 2.00 bits per heavy atom. The van der Waals surface area contributed by atoms with Crippen molar-refractivity contribution in [3.8, 4) is 6.07 Å². The van der Waals surface area contributed by atoms with E-state index in [0.29, 0.717) is 11.3 Å². The Morgan fingerprint density at radius 1 is 1.33 bits per heavy atom. The van der Waals surface area contributed by atoms with Gasteiger partial charge in [0.1, 0.15) is 0 Å². The molecule has 0 atom stereocenters. The highest BCUT2D eigenvalue weighted by Gasteiger charge is 2.03. The van der Waals surface area contributed by atoms with Crippen molar-refractivity contribution in [1.82, 2.24) is 5.32 Å². The van der Waals surface area contributed by atoms with Crippen molar-refractivity contribution in [2.45, 2.75) is 6.42 Å². The summed E-state index contributed by atoms with van der Waals surface area (Å²) in [5, 5.41) is 13.7. The van der Waals surface area contributed by atoms with Crippen LogP contribution in [-0.4, -0.2) is 25.7 Å². The highest BCUT2D eigenvalue weighted by molar-refractivity contribution is 5.89. The zero-order chi connectivity index (χ0) is 13.4. The van der Waals surface area contributed by atoms with Crippen molar-refractivity contribution in [2.24, 2.45) is 0 Å². The van der Waals surface area contributed by atoms with E-state index in [-0.39, 0.29) is 18.9 Å². The lowest BCUT2D eigenvalue weighted by molar-refractivity contribution is -0.140. The van der Waals surface area contributed by atoms with Gasteiger partial charge in [-0.05, 0) is 24.3 Å². The second-order valence-electron chi connectivity index (χ2n) is 3.40. The second kappa shape index (κ2) is 6.91. The van der Waals surface area contributed by atoms with E-state index in [1.165, 1.54) is 7.11 Å². The van der Waals surface area contributed by atoms with E-state index in [4.69, 9.17) is 5.26 Å². The van der Waals surface area contributed by atoms with Gasteiger partial charge in [0.2, 0.25) is 0 Å². The third-order valence-electron chi connectivity index (χ3n) is 2.11. The summed E-state index contributed by atoms with van der Waals surface area (Å²) in [7, 11) is 1.29. The third-order valence-corrected chi connectivity index (χ3v) is 2.11. The van der Waals surface area contributed by atoms with Gasteiger partial charge < -0.3 is 15.4 Å². The number of rotatable bonds is 4. The average molecular weight is 247 g/mol. The van der Waals surface area contributed by atoms with E-state index in [1.807, 2.05) is 6.07 Å². The van der Waals surface area contributed by atoms with Crippen LogP contribution < -0.4 is 10.6 Å². The molecule has 0 saturated heterocycles. The zero-order valence-corrected chi connectivity index (χ0v) is 9.90. The summed E-state index contributed by atoms with van der Waals surface area (Å²) in [6, 6.07) is 8.02. The molecule has 94 valence electrons. The smallest absolute Gasteiger partial charge is 0.319 e. The van der Waals surface area contributed by atoms with Crippen molar-refractivity contribution in [1.29, 1.82) is 5.26 Å². The minimum atomic E-state index is -0.413. The summed E-state index contributed by atoms with van der Waals surface area (Å²) in [6.07, 6.45) is 0.122. The number of methoxy groups -OCH3 is 1. The number of nitriles is 1. The van der Waals surface area contributed by atoms with Crippen molar-refractivity contribution < 1.29 is 14.3 Å². The number of nitrogens with zero attached hydrogens (tertiary/aromatic N) is 1. The predicted octanol–water partition coefficient (Wildman–Crippen LogP) is 1.24. The molecule has 0 heterocycles.